The summed E-state index contributed by atoms with van der Waals surface area (Å²) >= 11 is 0. The molecule has 0 saturated carbocycles. The standard InChI is InChI=1S/C22H21N3O3/c23-21(26)25-9-7-22(8-10-25)27-14-18-11-16(5-6-20(18)28-22)19-12-15-3-1-2-4-17(15)13-24-19/h1-6,11-13H,7-10,14H2,(H2,23,26). The number of aromatic nitrogens is 1. The summed E-state index contributed by atoms with van der Waals surface area (Å²) in [5.74, 6) is 0.171. The van der Waals surface area contributed by atoms with E-state index in [-0.39, 0.29) is 0 Å². The van der Waals surface area contributed by atoms with Crippen LogP contribution in [0.5, 0.6) is 5.75 Å². The van der Waals surface area contributed by atoms with Crippen LogP contribution in [-0.2, 0) is 11.3 Å². The molecule has 3 heterocycles. The van der Waals surface area contributed by atoms with E-state index < -0.39 is 11.8 Å². The van der Waals surface area contributed by atoms with E-state index in [0.717, 1.165) is 33.3 Å². The van der Waals surface area contributed by atoms with Crippen LogP contribution in [-0.4, -0.2) is 34.8 Å². The molecule has 3 aromatic rings. The molecule has 5 rings (SSSR count). The number of piperidine rings is 1. The van der Waals surface area contributed by atoms with Gasteiger partial charge in [0.25, 0.3) is 0 Å². The van der Waals surface area contributed by atoms with Crippen LogP contribution in [0.15, 0.2) is 54.7 Å². The van der Waals surface area contributed by atoms with Gasteiger partial charge in [-0.15, -0.1) is 0 Å². The van der Waals surface area contributed by atoms with Gasteiger partial charge in [0.1, 0.15) is 5.75 Å². The third-order valence-electron chi connectivity index (χ3n) is 5.61. The van der Waals surface area contributed by atoms with Gasteiger partial charge in [-0.05, 0) is 29.7 Å². The number of ether oxygens (including phenoxy) is 2. The van der Waals surface area contributed by atoms with Gasteiger partial charge in [-0.3, -0.25) is 4.98 Å². The van der Waals surface area contributed by atoms with E-state index in [4.69, 9.17) is 15.2 Å². The lowest BCUT2D eigenvalue weighted by molar-refractivity contribution is -0.225. The summed E-state index contributed by atoms with van der Waals surface area (Å²) in [5, 5.41) is 2.29. The highest BCUT2D eigenvalue weighted by molar-refractivity contribution is 5.85. The molecule has 0 bridgehead atoms. The minimum atomic E-state index is -0.665. The molecule has 1 saturated heterocycles. The zero-order valence-corrected chi connectivity index (χ0v) is 15.4. The summed E-state index contributed by atoms with van der Waals surface area (Å²) in [4.78, 5) is 17.6. The first-order chi connectivity index (χ1) is 13.6. The van der Waals surface area contributed by atoms with Crippen molar-refractivity contribution >= 4 is 16.8 Å². The Morgan fingerprint density at radius 2 is 1.86 bits per heavy atom. The number of benzene rings is 2. The van der Waals surface area contributed by atoms with Gasteiger partial charge in [-0.2, -0.15) is 0 Å². The highest BCUT2D eigenvalue weighted by Crippen LogP contribution is 2.39. The maximum absolute atomic E-state index is 11.3. The molecule has 1 fully saturated rings. The number of nitrogens with zero attached hydrogens (tertiary/aromatic N) is 2. The topological polar surface area (TPSA) is 77.7 Å². The Bertz CT molecular complexity index is 1060. The van der Waals surface area contributed by atoms with E-state index >= 15 is 0 Å². The largest absolute Gasteiger partial charge is 0.462 e. The summed E-state index contributed by atoms with van der Waals surface area (Å²) in [6.07, 6.45) is 3.13. The van der Waals surface area contributed by atoms with Crippen LogP contribution in [0.2, 0.25) is 0 Å². The summed E-state index contributed by atoms with van der Waals surface area (Å²) in [5.41, 5.74) is 8.34. The van der Waals surface area contributed by atoms with E-state index in [1.54, 1.807) is 4.90 Å². The molecule has 0 unspecified atom stereocenters. The van der Waals surface area contributed by atoms with Crippen molar-refractivity contribution in [1.82, 2.24) is 9.88 Å². The van der Waals surface area contributed by atoms with Gasteiger partial charge >= 0.3 is 6.03 Å². The third kappa shape index (κ3) is 2.96. The number of carbonyl (C=O) groups is 1. The van der Waals surface area contributed by atoms with E-state index in [2.05, 4.69) is 29.2 Å². The zero-order chi connectivity index (χ0) is 19.1. The quantitative estimate of drug-likeness (QED) is 0.704. The number of hydrogen-bond acceptors (Lipinski definition) is 4. The molecule has 0 radical (unpaired) electrons. The summed E-state index contributed by atoms with van der Waals surface area (Å²) < 4.78 is 12.3. The first kappa shape index (κ1) is 17.0. The normalized spacial score (nSPS) is 17.9. The second kappa shape index (κ2) is 6.49. The van der Waals surface area contributed by atoms with Gasteiger partial charge in [-0.25, -0.2) is 4.79 Å². The lowest BCUT2D eigenvalue weighted by atomic mass is 10.00. The number of carbonyl (C=O) groups excluding carboxylic acids is 1. The van der Waals surface area contributed by atoms with Crippen molar-refractivity contribution < 1.29 is 14.3 Å². The van der Waals surface area contributed by atoms with Crippen LogP contribution >= 0.6 is 0 Å². The lowest BCUT2D eigenvalue weighted by Gasteiger charge is -2.43. The molecule has 0 aliphatic carbocycles. The Morgan fingerprint density at radius 1 is 1.07 bits per heavy atom. The van der Waals surface area contributed by atoms with Crippen LogP contribution in [0.25, 0.3) is 22.0 Å². The van der Waals surface area contributed by atoms with Crippen LogP contribution in [0.1, 0.15) is 18.4 Å². The van der Waals surface area contributed by atoms with Crippen LogP contribution < -0.4 is 10.5 Å². The fraction of sp³-hybridized carbons (Fsp3) is 0.273. The van der Waals surface area contributed by atoms with Gasteiger partial charge < -0.3 is 20.1 Å². The Morgan fingerprint density at radius 3 is 2.64 bits per heavy atom. The fourth-order valence-electron chi connectivity index (χ4n) is 3.95. The Hall–Kier alpha value is -3.12. The third-order valence-corrected chi connectivity index (χ3v) is 5.61. The molecule has 1 spiro atoms. The molecule has 2 aliphatic heterocycles. The molecule has 2 N–H and O–H groups in total. The fourth-order valence-corrected chi connectivity index (χ4v) is 3.95. The molecular weight excluding hydrogens is 354 g/mol. The number of nitrogens with two attached hydrogens (primary N) is 1. The average Bonchev–Trinajstić information content (AvgIpc) is 2.73. The van der Waals surface area contributed by atoms with Gasteiger partial charge in [-0.1, -0.05) is 24.3 Å². The van der Waals surface area contributed by atoms with Gasteiger partial charge in [0.15, 0.2) is 0 Å². The predicted octanol–water partition coefficient (Wildman–Crippen LogP) is 3.68. The number of pyridine rings is 1. The number of amides is 2. The van der Waals surface area contributed by atoms with Crippen LogP contribution in [0.4, 0.5) is 4.79 Å². The summed E-state index contributed by atoms with van der Waals surface area (Å²) in [6, 6.07) is 16.0. The molecular formula is C22H21N3O3. The Kier molecular flexibility index (Phi) is 3.94. The maximum Gasteiger partial charge on any atom is 0.314 e. The summed E-state index contributed by atoms with van der Waals surface area (Å²) in [6.45, 7) is 1.57. The number of primary amides is 1. The Labute approximate surface area is 162 Å². The van der Waals surface area contributed by atoms with E-state index in [9.17, 15) is 4.79 Å². The van der Waals surface area contributed by atoms with Crippen molar-refractivity contribution in [2.45, 2.75) is 25.2 Å². The predicted molar refractivity (Wildman–Crippen MR) is 106 cm³/mol. The molecule has 28 heavy (non-hydrogen) atoms. The minimum Gasteiger partial charge on any atom is -0.462 e. The van der Waals surface area contributed by atoms with Crippen molar-refractivity contribution in [1.29, 1.82) is 0 Å². The number of likely N-dealkylation sites (tertiary alicyclic amines) is 1. The molecule has 142 valence electrons. The van der Waals surface area contributed by atoms with E-state index in [0.29, 0.717) is 32.5 Å². The van der Waals surface area contributed by atoms with Crippen molar-refractivity contribution in [3.63, 3.8) is 0 Å². The van der Waals surface area contributed by atoms with Crippen molar-refractivity contribution in [2.24, 2.45) is 5.73 Å². The lowest BCUT2D eigenvalue weighted by Crippen LogP contribution is -2.53. The molecule has 6 heteroatoms. The number of hydrogen-bond donors (Lipinski definition) is 1. The summed E-state index contributed by atoms with van der Waals surface area (Å²) in [7, 11) is 0. The first-order valence-corrected chi connectivity index (χ1v) is 9.47. The molecule has 0 atom stereocenters. The molecule has 1 aromatic heterocycles. The van der Waals surface area contributed by atoms with Crippen molar-refractivity contribution in [3.05, 3.63) is 60.3 Å². The van der Waals surface area contributed by atoms with Crippen molar-refractivity contribution in [3.8, 4) is 17.0 Å². The van der Waals surface area contributed by atoms with E-state index in [1.165, 1.54) is 0 Å². The number of urea groups is 1. The van der Waals surface area contributed by atoms with Gasteiger partial charge in [0.05, 0.1) is 12.3 Å². The zero-order valence-electron chi connectivity index (χ0n) is 15.4. The van der Waals surface area contributed by atoms with Crippen LogP contribution in [0, 0.1) is 0 Å². The van der Waals surface area contributed by atoms with Gasteiger partial charge in [0.2, 0.25) is 5.79 Å². The highest BCUT2D eigenvalue weighted by atomic mass is 16.7. The number of fused-ring (bicyclic) bond motifs is 2. The smallest absolute Gasteiger partial charge is 0.314 e. The SMILES string of the molecule is NC(=O)N1CCC2(CC1)OCc1cc(-c3cc4ccccc4cn3)ccc1O2. The first-order valence-electron chi connectivity index (χ1n) is 9.47. The van der Waals surface area contributed by atoms with E-state index in [1.807, 2.05) is 30.5 Å². The molecule has 2 aromatic carbocycles. The minimum absolute atomic E-state index is 0.390. The van der Waals surface area contributed by atoms with Crippen molar-refractivity contribution in [2.75, 3.05) is 13.1 Å². The Balaban J connectivity index is 1.39. The highest BCUT2D eigenvalue weighted by Gasteiger charge is 2.41. The monoisotopic (exact) mass is 375 g/mol. The average molecular weight is 375 g/mol. The van der Waals surface area contributed by atoms with Crippen LogP contribution in [0.3, 0.4) is 0 Å². The second-order valence-electron chi connectivity index (χ2n) is 7.37. The molecule has 6 nitrogen and oxygen atoms in total. The maximum atomic E-state index is 11.3. The molecule has 2 aliphatic rings. The molecule has 2 amide bonds. The second-order valence-corrected chi connectivity index (χ2v) is 7.37. The number of rotatable bonds is 1. The van der Waals surface area contributed by atoms with Gasteiger partial charge in [0, 0.05) is 48.6 Å².